The largest absolute Gasteiger partial charge is 0.394 e. The van der Waals surface area contributed by atoms with Crippen molar-refractivity contribution in [2.75, 3.05) is 24.6 Å². The van der Waals surface area contributed by atoms with Crippen molar-refractivity contribution >= 4 is 25.9 Å². The third kappa shape index (κ3) is 3.43. The van der Waals surface area contributed by atoms with Gasteiger partial charge in [0.2, 0.25) is 14.3 Å². The fourth-order valence-corrected chi connectivity index (χ4v) is 8.65. The van der Waals surface area contributed by atoms with Gasteiger partial charge in [-0.2, -0.15) is 0 Å². The van der Waals surface area contributed by atoms with E-state index in [4.69, 9.17) is 4.74 Å². The second-order valence-electron chi connectivity index (χ2n) is 9.76. The monoisotopic (exact) mass is 460 g/mol. The summed E-state index contributed by atoms with van der Waals surface area (Å²) in [4.78, 5) is 30.3. The SMILES string of the molecule is C=CCN1C(=O)[C@@]2(O[C@@H](CC(=O)N3CCC[C@H]3CO)[C@H]([Si](C)(C)F)[C@H]2C)c2ccccc21. The smallest absolute Gasteiger partial charge is 0.264 e. The molecular weight excluding hydrogens is 427 g/mol. The Labute approximate surface area is 190 Å². The van der Waals surface area contributed by atoms with Crippen molar-refractivity contribution in [2.45, 2.75) is 62.6 Å². The second-order valence-corrected chi connectivity index (χ2v) is 13.6. The average Bonchev–Trinajstić information content (AvgIpc) is 3.39. The molecule has 1 aromatic rings. The fraction of sp³-hybridized carbons (Fsp3) is 0.583. The standard InChI is InChI=1S/C24H33FN2O4Si/c1-5-12-27-19-11-7-6-10-18(19)24(23(27)30)16(2)22(32(3,4)25)20(31-24)14-21(29)26-13-8-9-17(26)15-28/h5-7,10-11,16-17,20,22,28H,1,8-9,12-15H2,2-4H3/t16-,17+,20+,22-,24+/m1/s1. The zero-order valence-corrected chi connectivity index (χ0v) is 20.1. The molecule has 0 saturated carbocycles. The normalized spacial score (nSPS) is 32.1. The zero-order valence-electron chi connectivity index (χ0n) is 19.1. The molecule has 174 valence electrons. The van der Waals surface area contributed by atoms with Gasteiger partial charge in [0.1, 0.15) is 0 Å². The van der Waals surface area contributed by atoms with Crippen LogP contribution in [0, 0.1) is 5.92 Å². The lowest BCUT2D eigenvalue weighted by Gasteiger charge is -2.31. The summed E-state index contributed by atoms with van der Waals surface area (Å²) in [6, 6.07) is 7.30. The van der Waals surface area contributed by atoms with E-state index in [2.05, 4.69) is 6.58 Å². The summed E-state index contributed by atoms with van der Waals surface area (Å²) < 4.78 is 22.2. The number of carbonyl (C=O) groups excluding carboxylic acids is 2. The van der Waals surface area contributed by atoms with Gasteiger partial charge in [-0.15, -0.1) is 6.58 Å². The van der Waals surface area contributed by atoms with Gasteiger partial charge in [0.05, 0.1) is 30.9 Å². The van der Waals surface area contributed by atoms with Crippen molar-refractivity contribution in [2.24, 2.45) is 5.92 Å². The first-order valence-electron chi connectivity index (χ1n) is 11.5. The molecule has 3 heterocycles. The number of fused-ring (bicyclic) bond motifs is 2. The molecule has 4 rings (SSSR count). The number of aliphatic hydroxyl groups is 1. The van der Waals surface area contributed by atoms with E-state index < -0.39 is 31.6 Å². The van der Waals surface area contributed by atoms with Crippen molar-refractivity contribution in [3.05, 3.63) is 42.5 Å². The summed E-state index contributed by atoms with van der Waals surface area (Å²) in [5.41, 5.74) is -0.310. The van der Waals surface area contributed by atoms with Crippen LogP contribution in [-0.2, 0) is 19.9 Å². The summed E-state index contributed by atoms with van der Waals surface area (Å²) in [5, 5.41) is 9.62. The van der Waals surface area contributed by atoms with Crippen molar-refractivity contribution in [3.63, 3.8) is 0 Å². The molecular formula is C24H33FN2O4Si. The summed E-state index contributed by atoms with van der Waals surface area (Å²) in [6.45, 7) is 9.78. The van der Waals surface area contributed by atoms with Crippen molar-refractivity contribution in [1.82, 2.24) is 4.90 Å². The van der Waals surface area contributed by atoms with Crippen LogP contribution in [-0.4, -0.2) is 62.1 Å². The summed E-state index contributed by atoms with van der Waals surface area (Å²) in [7, 11) is -3.30. The van der Waals surface area contributed by atoms with Gasteiger partial charge in [0, 0.05) is 30.1 Å². The Bertz CT molecular complexity index is 920. The topological polar surface area (TPSA) is 70.1 Å². The Kier molecular flexibility index (Phi) is 6.07. The molecule has 0 radical (unpaired) electrons. The van der Waals surface area contributed by atoms with E-state index in [0.717, 1.165) is 24.1 Å². The number of anilines is 1. The van der Waals surface area contributed by atoms with E-state index in [9.17, 15) is 14.7 Å². The van der Waals surface area contributed by atoms with E-state index in [1.54, 1.807) is 29.0 Å². The quantitative estimate of drug-likeness (QED) is 0.402. The highest BCUT2D eigenvalue weighted by molar-refractivity contribution is 6.72. The molecule has 0 unspecified atom stereocenters. The van der Waals surface area contributed by atoms with E-state index in [0.29, 0.717) is 13.1 Å². The summed E-state index contributed by atoms with van der Waals surface area (Å²) in [5.74, 6) is -0.762. The van der Waals surface area contributed by atoms with Crippen LogP contribution < -0.4 is 4.90 Å². The lowest BCUT2D eigenvalue weighted by atomic mass is 9.82. The third-order valence-corrected chi connectivity index (χ3v) is 9.92. The predicted molar refractivity (Wildman–Crippen MR) is 123 cm³/mol. The molecule has 0 bridgehead atoms. The van der Waals surface area contributed by atoms with Crippen LogP contribution in [0.2, 0.25) is 18.6 Å². The second kappa shape index (κ2) is 8.39. The van der Waals surface area contributed by atoms with Crippen LogP contribution in [0.15, 0.2) is 36.9 Å². The van der Waals surface area contributed by atoms with E-state index in [1.165, 1.54) is 0 Å². The number of amides is 2. The highest BCUT2D eigenvalue weighted by Gasteiger charge is 2.66. The Morgan fingerprint density at radius 3 is 2.78 bits per heavy atom. The van der Waals surface area contributed by atoms with E-state index in [-0.39, 0.29) is 30.9 Å². The third-order valence-electron chi connectivity index (χ3n) is 7.46. The molecule has 3 aliphatic heterocycles. The minimum atomic E-state index is -3.30. The molecule has 1 aromatic carbocycles. The minimum absolute atomic E-state index is 0.0184. The molecule has 0 aromatic heterocycles. The maximum absolute atomic E-state index is 15.7. The molecule has 2 fully saturated rings. The molecule has 3 aliphatic rings. The zero-order chi connectivity index (χ0) is 23.3. The summed E-state index contributed by atoms with van der Waals surface area (Å²) in [6.07, 6.45) is 2.61. The van der Waals surface area contributed by atoms with Crippen LogP contribution in [0.25, 0.3) is 0 Å². The highest BCUT2D eigenvalue weighted by atomic mass is 28.4. The number of para-hydroxylation sites is 1. The fourth-order valence-electron chi connectivity index (χ4n) is 6.16. The number of benzene rings is 1. The van der Waals surface area contributed by atoms with Crippen LogP contribution in [0.4, 0.5) is 9.80 Å². The van der Waals surface area contributed by atoms with Crippen LogP contribution >= 0.6 is 0 Å². The van der Waals surface area contributed by atoms with Gasteiger partial charge >= 0.3 is 0 Å². The van der Waals surface area contributed by atoms with Crippen LogP contribution in [0.5, 0.6) is 0 Å². The average molecular weight is 461 g/mol. The van der Waals surface area contributed by atoms with Gasteiger partial charge in [-0.05, 0) is 32.0 Å². The molecule has 2 amide bonds. The highest BCUT2D eigenvalue weighted by Crippen LogP contribution is 2.60. The maximum Gasteiger partial charge on any atom is 0.264 e. The molecule has 5 atom stereocenters. The molecule has 0 aliphatic carbocycles. The first-order chi connectivity index (χ1) is 15.2. The minimum Gasteiger partial charge on any atom is -0.394 e. The van der Waals surface area contributed by atoms with Crippen molar-refractivity contribution in [1.29, 1.82) is 0 Å². The van der Waals surface area contributed by atoms with Gasteiger partial charge in [0.25, 0.3) is 5.91 Å². The van der Waals surface area contributed by atoms with Crippen molar-refractivity contribution in [3.8, 4) is 0 Å². The first kappa shape index (κ1) is 23.1. The number of likely N-dealkylation sites (tertiary alicyclic amines) is 1. The van der Waals surface area contributed by atoms with E-state index in [1.807, 2.05) is 31.2 Å². The molecule has 8 heteroatoms. The number of hydrogen-bond acceptors (Lipinski definition) is 4. The number of halogens is 1. The molecule has 2 saturated heterocycles. The number of hydrogen-bond donors (Lipinski definition) is 1. The Morgan fingerprint density at radius 2 is 2.12 bits per heavy atom. The van der Waals surface area contributed by atoms with Crippen LogP contribution in [0.1, 0.15) is 31.7 Å². The number of ether oxygens (including phenoxy) is 1. The molecule has 6 nitrogen and oxygen atoms in total. The van der Waals surface area contributed by atoms with Gasteiger partial charge in [-0.1, -0.05) is 31.2 Å². The summed E-state index contributed by atoms with van der Waals surface area (Å²) >= 11 is 0. The van der Waals surface area contributed by atoms with E-state index >= 15 is 4.11 Å². The Hall–Kier alpha value is -2.03. The van der Waals surface area contributed by atoms with Crippen LogP contribution in [0.3, 0.4) is 0 Å². The lowest BCUT2D eigenvalue weighted by Crippen LogP contribution is -2.45. The van der Waals surface area contributed by atoms with Gasteiger partial charge in [-0.3, -0.25) is 9.59 Å². The molecule has 32 heavy (non-hydrogen) atoms. The number of aliphatic hydroxyl groups excluding tert-OH is 1. The molecule has 1 spiro atoms. The van der Waals surface area contributed by atoms with Gasteiger partial charge in [-0.25, -0.2) is 0 Å². The predicted octanol–water partition coefficient (Wildman–Crippen LogP) is 3.37. The number of carbonyl (C=O) groups is 2. The number of rotatable bonds is 6. The lowest BCUT2D eigenvalue weighted by molar-refractivity contribution is -0.149. The van der Waals surface area contributed by atoms with Gasteiger partial charge in [0.15, 0.2) is 5.60 Å². The Morgan fingerprint density at radius 1 is 1.41 bits per heavy atom. The molecule has 1 N–H and O–H groups in total. The number of nitrogens with zero attached hydrogens (tertiary/aromatic N) is 2. The first-order valence-corrected chi connectivity index (χ1v) is 14.4. The van der Waals surface area contributed by atoms with Crippen molar-refractivity contribution < 1.29 is 23.5 Å². The van der Waals surface area contributed by atoms with Gasteiger partial charge < -0.3 is 23.8 Å². The maximum atomic E-state index is 15.7. The Balaban J connectivity index is 1.72.